The van der Waals surface area contributed by atoms with Crippen molar-refractivity contribution in [2.45, 2.75) is 0 Å². The van der Waals surface area contributed by atoms with Crippen molar-refractivity contribution in [1.82, 2.24) is 0 Å². The van der Waals surface area contributed by atoms with Gasteiger partial charge in [-0.2, -0.15) is 0 Å². The van der Waals surface area contributed by atoms with Gasteiger partial charge < -0.3 is 10.5 Å². The molecule has 0 unspecified atom stereocenters. The molecule has 18 heavy (non-hydrogen) atoms. The van der Waals surface area contributed by atoms with Crippen molar-refractivity contribution in [3.63, 3.8) is 0 Å². The predicted octanol–water partition coefficient (Wildman–Crippen LogP) is 3.94. The lowest BCUT2D eigenvalue weighted by molar-refractivity contribution is 0.1000. The fraction of sp³-hybridized carbons (Fsp3) is 0. The van der Waals surface area contributed by atoms with Crippen LogP contribution in [0.2, 0.25) is 0 Å². The Labute approximate surface area is 127 Å². The summed E-state index contributed by atoms with van der Waals surface area (Å²) in [6.07, 6.45) is 0. The van der Waals surface area contributed by atoms with Gasteiger partial charge in [-0.1, -0.05) is 6.07 Å². The molecule has 5 heteroatoms. The molecule has 3 nitrogen and oxygen atoms in total. The lowest BCUT2D eigenvalue weighted by Crippen LogP contribution is -2.10. The second-order valence-corrected chi connectivity index (χ2v) is 5.67. The Hall–Kier alpha value is -1.08. The van der Waals surface area contributed by atoms with Crippen molar-refractivity contribution in [1.29, 1.82) is 0 Å². The summed E-state index contributed by atoms with van der Waals surface area (Å²) in [5.74, 6) is 0.924. The average Bonchev–Trinajstić information content (AvgIpc) is 2.31. The summed E-state index contributed by atoms with van der Waals surface area (Å²) >= 11 is 5.57. The van der Waals surface area contributed by atoms with E-state index in [1.54, 1.807) is 18.2 Å². The number of benzene rings is 2. The summed E-state index contributed by atoms with van der Waals surface area (Å²) < 4.78 is 7.51. The fourth-order valence-electron chi connectivity index (χ4n) is 1.39. The van der Waals surface area contributed by atoms with Crippen LogP contribution < -0.4 is 10.5 Å². The van der Waals surface area contributed by atoms with Crippen LogP contribution in [0.15, 0.2) is 46.9 Å². The Morgan fingerprint density at radius 1 is 1.22 bits per heavy atom. The van der Waals surface area contributed by atoms with Crippen LogP contribution in [0, 0.1) is 3.57 Å². The SMILES string of the molecule is NC(=O)c1ccc(Oc2cccc(I)c2)c(Br)c1. The normalized spacial score (nSPS) is 10.1. The second kappa shape index (κ2) is 5.71. The number of primary amides is 1. The third-order valence-electron chi connectivity index (χ3n) is 2.24. The van der Waals surface area contributed by atoms with Gasteiger partial charge in [-0.3, -0.25) is 4.79 Å². The van der Waals surface area contributed by atoms with E-state index < -0.39 is 5.91 Å². The van der Waals surface area contributed by atoms with Crippen molar-refractivity contribution in [3.8, 4) is 11.5 Å². The molecule has 2 aromatic carbocycles. The lowest BCUT2D eigenvalue weighted by atomic mass is 10.2. The Balaban J connectivity index is 2.27. The molecule has 0 bridgehead atoms. The van der Waals surface area contributed by atoms with E-state index in [0.717, 1.165) is 9.32 Å². The number of hydrogen-bond acceptors (Lipinski definition) is 2. The molecule has 0 saturated carbocycles. The van der Waals surface area contributed by atoms with E-state index in [1.165, 1.54) is 0 Å². The summed E-state index contributed by atoms with van der Waals surface area (Å²) in [5.41, 5.74) is 5.65. The molecule has 2 rings (SSSR count). The number of carbonyl (C=O) groups is 1. The van der Waals surface area contributed by atoms with Crippen LogP contribution in [0.3, 0.4) is 0 Å². The fourth-order valence-corrected chi connectivity index (χ4v) is 2.37. The maximum atomic E-state index is 11.0. The van der Waals surface area contributed by atoms with Gasteiger partial charge in [0.1, 0.15) is 11.5 Å². The number of carbonyl (C=O) groups excluding carboxylic acids is 1. The molecule has 0 radical (unpaired) electrons. The predicted molar refractivity (Wildman–Crippen MR) is 81.9 cm³/mol. The van der Waals surface area contributed by atoms with Gasteiger partial charge >= 0.3 is 0 Å². The average molecular weight is 418 g/mol. The van der Waals surface area contributed by atoms with Crippen LogP contribution in [0.5, 0.6) is 11.5 Å². The van der Waals surface area contributed by atoms with Gasteiger partial charge in [0.15, 0.2) is 0 Å². The molecule has 0 aromatic heterocycles. The van der Waals surface area contributed by atoms with E-state index >= 15 is 0 Å². The molecule has 0 fully saturated rings. The van der Waals surface area contributed by atoms with Crippen molar-refractivity contribution in [2.75, 3.05) is 0 Å². The topological polar surface area (TPSA) is 52.3 Å². The number of nitrogens with two attached hydrogens (primary N) is 1. The van der Waals surface area contributed by atoms with Crippen LogP contribution in [-0.2, 0) is 0 Å². The van der Waals surface area contributed by atoms with Crippen molar-refractivity contribution in [3.05, 3.63) is 56.1 Å². The van der Waals surface area contributed by atoms with Gasteiger partial charge in [-0.05, 0) is 74.9 Å². The van der Waals surface area contributed by atoms with Gasteiger partial charge in [0.05, 0.1) is 4.47 Å². The summed E-state index contributed by atoms with van der Waals surface area (Å²) in [6.45, 7) is 0. The van der Waals surface area contributed by atoms with E-state index in [4.69, 9.17) is 10.5 Å². The van der Waals surface area contributed by atoms with Crippen LogP contribution in [0.25, 0.3) is 0 Å². The number of halogens is 2. The van der Waals surface area contributed by atoms with Crippen molar-refractivity contribution < 1.29 is 9.53 Å². The van der Waals surface area contributed by atoms with Gasteiger partial charge in [0.2, 0.25) is 5.91 Å². The molecule has 0 aliphatic rings. The highest BCUT2D eigenvalue weighted by Crippen LogP contribution is 2.30. The molecule has 0 saturated heterocycles. The van der Waals surface area contributed by atoms with Crippen LogP contribution in [0.1, 0.15) is 10.4 Å². The minimum Gasteiger partial charge on any atom is -0.456 e. The highest BCUT2D eigenvalue weighted by molar-refractivity contribution is 14.1. The standard InChI is InChI=1S/C13H9BrINO2/c14-11-6-8(13(16)17)4-5-12(11)18-10-3-1-2-9(15)7-10/h1-7H,(H2,16,17). The molecule has 0 aliphatic carbocycles. The zero-order valence-electron chi connectivity index (χ0n) is 9.19. The van der Waals surface area contributed by atoms with Crippen LogP contribution in [0.4, 0.5) is 0 Å². The Bertz CT molecular complexity index is 601. The molecular weight excluding hydrogens is 409 g/mol. The molecule has 0 spiro atoms. The minimum atomic E-state index is -0.462. The van der Waals surface area contributed by atoms with Gasteiger partial charge in [-0.15, -0.1) is 0 Å². The lowest BCUT2D eigenvalue weighted by Gasteiger charge is -2.08. The molecule has 0 atom stereocenters. The molecule has 1 amide bonds. The number of ether oxygens (including phenoxy) is 1. The van der Waals surface area contributed by atoms with E-state index in [9.17, 15) is 4.79 Å². The van der Waals surface area contributed by atoms with Gasteiger partial charge in [0, 0.05) is 9.13 Å². The third-order valence-corrected chi connectivity index (χ3v) is 3.53. The number of hydrogen-bond donors (Lipinski definition) is 1. The molecule has 0 aliphatic heterocycles. The van der Waals surface area contributed by atoms with E-state index in [-0.39, 0.29) is 0 Å². The van der Waals surface area contributed by atoms with E-state index in [0.29, 0.717) is 15.8 Å². The largest absolute Gasteiger partial charge is 0.456 e. The van der Waals surface area contributed by atoms with Crippen LogP contribution in [-0.4, -0.2) is 5.91 Å². The van der Waals surface area contributed by atoms with Crippen molar-refractivity contribution >= 4 is 44.4 Å². The molecule has 92 valence electrons. The molecular formula is C13H9BrINO2. The third kappa shape index (κ3) is 3.23. The second-order valence-electron chi connectivity index (χ2n) is 3.57. The first-order valence-corrected chi connectivity index (χ1v) is 6.96. The van der Waals surface area contributed by atoms with Crippen molar-refractivity contribution in [2.24, 2.45) is 5.73 Å². The highest BCUT2D eigenvalue weighted by Gasteiger charge is 2.07. The summed E-state index contributed by atoms with van der Waals surface area (Å²) in [7, 11) is 0. The maximum Gasteiger partial charge on any atom is 0.248 e. The molecule has 2 N–H and O–H groups in total. The molecule has 2 aromatic rings. The highest BCUT2D eigenvalue weighted by atomic mass is 127. The summed E-state index contributed by atoms with van der Waals surface area (Å²) in [4.78, 5) is 11.0. The first-order valence-electron chi connectivity index (χ1n) is 5.09. The monoisotopic (exact) mass is 417 g/mol. The summed E-state index contributed by atoms with van der Waals surface area (Å²) in [5, 5.41) is 0. The smallest absolute Gasteiger partial charge is 0.248 e. The van der Waals surface area contributed by atoms with Gasteiger partial charge in [0.25, 0.3) is 0 Å². The number of amides is 1. The van der Waals surface area contributed by atoms with Gasteiger partial charge in [-0.25, -0.2) is 0 Å². The Morgan fingerprint density at radius 3 is 2.61 bits per heavy atom. The zero-order valence-corrected chi connectivity index (χ0v) is 12.9. The summed E-state index contributed by atoms with van der Waals surface area (Å²) in [6, 6.07) is 12.7. The van der Waals surface area contributed by atoms with E-state index in [1.807, 2.05) is 24.3 Å². The molecule has 0 heterocycles. The number of rotatable bonds is 3. The first-order chi connectivity index (χ1) is 8.56. The van der Waals surface area contributed by atoms with E-state index in [2.05, 4.69) is 38.5 Å². The first kappa shape index (κ1) is 13.4. The maximum absolute atomic E-state index is 11.0. The van der Waals surface area contributed by atoms with Crippen LogP contribution >= 0.6 is 38.5 Å². The Kier molecular flexibility index (Phi) is 4.23. The quantitative estimate of drug-likeness (QED) is 0.769. The Morgan fingerprint density at radius 2 is 2.00 bits per heavy atom. The minimum absolute atomic E-state index is 0.442. The zero-order chi connectivity index (χ0) is 13.1.